The fourth-order valence-electron chi connectivity index (χ4n) is 1.26. The van der Waals surface area contributed by atoms with Crippen LogP contribution in [0.5, 0.6) is 0 Å². The minimum atomic E-state index is -3.49. The lowest BCUT2D eigenvalue weighted by Gasteiger charge is -2.06. The topological polar surface area (TPSA) is 72.2 Å². The normalized spacial score (nSPS) is 13.3. The number of sulfonamides is 1. The predicted molar refractivity (Wildman–Crippen MR) is 78.4 cm³/mol. The highest BCUT2D eigenvalue weighted by Crippen LogP contribution is 2.06. The lowest BCUT2D eigenvalue weighted by molar-refractivity contribution is 0.587. The molecule has 0 saturated carbocycles. The van der Waals surface area contributed by atoms with Crippen LogP contribution in [0.25, 0.3) is 0 Å². The quantitative estimate of drug-likeness (QED) is 0.782. The Kier molecular flexibility index (Phi) is 5.54. The van der Waals surface area contributed by atoms with Crippen molar-refractivity contribution < 1.29 is 8.42 Å². The number of benzene rings is 1. The van der Waals surface area contributed by atoms with Gasteiger partial charge in [0.05, 0.1) is 4.91 Å². The first-order valence-corrected chi connectivity index (χ1v) is 7.24. The molecule has 0 aromatic heterocycles. The van der Waals surface area contributed by atoms with Gasteiger partial charge in [-0.25, -0.2) is 13.1 Å². The van der Waals surface area contributed by atoms with Crippen LogP contribution >= 0.6 is 0 Å². The van der Waals surface area contributed by atoms with Crippen molar-refractivity contribution in [2.45, 2.75) is 13.5 Å². The van der Waals surface area contributed by atoms with E-state index in [0.29, 0.717) is 5.70 Å². The van der Waals surface area contributed by atoms with Crippen molar-refractivity contribution >= 4 is 10.0 Å². The first-order chi connectivity index (χ1) is 8.95. The van der Waals surface area contributed by atoms with E-state index in [0.717, 1.165) is 5.56 Å². The third kappa shape index (κ3) is 5.11. The zero-order valence-corrected chi connectivity index (χ0v) is 11.7. The Morgan fingerprint density at radius 2 is 1.95 bits per heavy atom. The number of nitrogens with one attached hydrogen (secondary N) is 1. The molecular weight excluding hydrogens is 260 g/mol. The molecule has 4 nitrogen and oxygen atoms in total. The third-order valence-corrected chi connectivity index (χ3v) is 3.99. The van der Waals surface area contributed by atoms with Crippen molar-refractivity contribution in [2.75, 3.05) is 0 Å². The fraction of sp³-hybridized carbons (Fsp3) is 0.143. The zero-order valence-electron chi connectivity index (χ0n) is 10.8. The SMILES string of the molecule is C=C/C(N)=C\C=C(/C)S(=O)(=O)NCc1ccccc1. The molecule has 0 aliphatic heterocycles. The van der Waals surface area contributed by atoms with Crippen LogP contribution in [0.15, 0.2) is 65.7 Å². The fourth-order valence-corrected chi connectivity index (χ4v) is 2.09. The Labute approximate surface area is 114 Å². The molecule has 0 radical (unpaired) electrons. The minimum absolute atomic E-state index is 0.202. The summed E-state index contributed by atoms with van der Waals surface area (Å²) >= 11 is 0. The lowest BCUT2D eigenvalue weighted by Crippen LogP contribution is -2.23. The smallest absolute Gasteiger partial charge is 0.236 e. The van der Waals surface area contributed by atoms with Gasteiger partial charge < -0.3 is 5.73 Å². The van der Waals surface area contributed by atoms with Crippen LogP contribution in [0.2, 0.25) is 0 Å². The van der Waals surface area contributed by atoms with Gasteiger partial charge in [-0.15, -0.1) is 0 Å². The first-order valence-electron chi connectivity index (χ1n) is 5.76. The van der Waals surface area contributed by atoms with E-state index < -0.39 is 10.0 Å². The van der Waals surface area contributed by atoms with Crippen molar-refractivity contribution in [3.63, 3.8) is 0 Å². The van der Waals surface area contributed by atoms with Gasteiger partial charge in [-0.2, -0.15) is 0 Å². The Morgan fingerprint density at radius 1 is 1.32 bits per heavy atom. The molecule has 102 valence electrons. The molecule has 0 fully saturated rings. The molecular formula is C14H18N2O2S. The van der Waals surface area contributed by atoms with Crippen molar-refractivity contribution in [3.8, 4) is 0 Å². The molecule has 0 heterocycles. The summed E-state index contributed by atoms with van der Waals surface area (Å²) in [4.78, 5) is 0.202. The monoisotopic (exact) mass is 278 g/mol. The van der Waals surface area contributed by atoms with Gasteiger partial charge in [0.15, 0.2) is 0 Å². The molecule has 0 bridgehead atoms. The van der Waals surface area contributed by atoms with Crippen LogP contribution in [0.3, 0.4) is 0 Å². The van der Waals surface area contributed by atoms with Gasteiger partial charge in [0.1, 0.15) is 0 Å². The second-order valence-electron chi connectivity index (χ2n) is 3.96. The minimum Gasteiger partial charge on any atom is -0.399 e. The van der Waals surface area contributed by atoms with Crippen LogP contribution in [0.1, 0.15) is 12.5 Å². The van der Waals surface area contributed by atoms with E-state index in [-0.39, 0.29) is 11.4 Å². The summed E-state index contributed by atoms with van der Waals surface area (Å²) in [5, 5.41) is 0. The predicted octanol–water partition coefficient (Wildman–Crippen LogP) is 2.04. The van der Waals surface area contributed by atoms with Crippen LogP contribution in [-0.2, 0) is 16.6 Å². The molecule has 1 rings (SSSR count). The number of hydrogen-bond donors (Lipinski definition) is 2. The highest BCUT2D eigenvalue weighted by atomic mass is 32.2. The standard InChI is InChI=1S/C14H18N2O2S/c1-3-14(15)10-9-12(2)19(17,18)16-11-13-7-5-4-6-8-13/h3-10,16H,1,11,15H2,2H3/b12-9+,14-10+. The summed E-state index contributed by atoms with van der Waals surface area (Å²) in [6.45, 7) is 5.26. The maximum absolute atomic E-state index is 11.9. The summed E-state index contributed by atoms with van der Waals surface area (Å²) in [5.74, 6) is 0. The number of nitrogens with two attached hydrogens (primary N) is 1. The highest BCUT2D eigenvalue weighted by Gasteiger charge is 2.11. The molecule has 0 atom stereocenters. The summed E-state index contributed by atoms with van der Waals surface area (Å²) in [7, 11) is -3.49. The van der Waals surface area contributed by atoms with E-state index in [2.05, 4.69) is 11.3 Å². The van der Waals surface area contributed by atoms with Crippen LogP contribution < -0.4 is 10.5 Å². The van der Waals surface area contributed by atoms with Gasteiger partial charge in [0.2, 0.25) is 10.0 Å². The van der Waals surface area contributed by atoms with Crippen molar-refractivity contribution in [2.24, 2.45) is 5.73 Å². The van der Waals surface area contributed by atoms with Gasteiger partial charge in [-0.1, -0.05) is 36.9 Å². The summed E-state index contributed by atoms with van der Waals surface area (Å²) in [5.41, 5.74) is 6.83. The molecule has 0 aliphatic rings. The van der Waals surface area contributed by atoms with E-state index in [4.69, 9.17) is 5.73 Å². The van der Waals surface area contributed by atoms with Gasteiger partial charge in [0.25, 0.3) is 0 Å². The molecule has 0 saturated heterocycles. The van der Waals surface area contributed by atoms with Crippen molar-refractivity contribution in [3.05, 3.63) is 71.3 Å². The van der Waals surface area contributed by atoms with Gasteiger partial charge in [-0.3, -0.25) is 0 Å². The van der Waals surface area contributed by atoms with Gasteiger partial charge >= 0.3 is 0 Å². The van der Waals surface area contributed by atoms with E-state index in [1.54, 1.807) is 0 Å². The molecule has 0 amide bonds. The summed E-state index contributed by atoms with van der Waals surface area (Å²) < 4.78 is 26.4. The Bertz CT molecular complexity index is 587. The van der Waals surface area contributed by atoms with E-state index in [1.165, 1.54) is 25.2 Å². The molecule has 5 heteroatoms. The van der Waals surface area contributed by atoms with E-state index in [9.17, 15) is 8.42 Å². The first kappa shape index (κ1) is 15.2. The molecule has 19 heavy (non-hydrogen) atoms. The second kappa shape index (κ2) is 6.92. The Balaban J connectivity index is 2.74. The van der Waals surface area contributed by atoms with Gasteiger partial charge in [0, 0.05) is 12.2 Å². The largest absolute Gasteiger partial charge is 0.399 e. The Hall–Kier alpha value is -1.85. The van der Waals surface area contributed by atoms with Crippen LogP contribution in [0, 0.1) is 0 Å². The van der Waals surface area contributed by atoms with E-state index in [1.807, 2.05) is 30.3 Å². The molecule has 0 aliphatic carbocycles. The highest BCUT2D eigenvalue weighted by molar-refractivity contribution is 7.93. The van der Waals surface area contributed by atoms with Crippen LogP contribution in [-0.4, -0.2) is 8.42 Å². The average Bonchev–Trinajstić information content (AvgIpc) is 2.43. The second-order valence-corrected chi connectivity index (χ2v) is 5.90. The van der Waals surface area contributed by atoms with E-state index >= 15 is 0 Å². The maximum Gasteiger partial charge on any atom is 0.236 e. The lowest BCUT2D eigenvalue weighted by atomic mass is 10.2. The summed E-state index contributed by atoms with van der Waals surface area (Å²) in [6.07, 6.45) is 4.40. The third-order valence-electron chi connectivity index (χ3n) is 2.48. The van der Waals surface area contributed by atoms with Crippen molar-refractivity contribution in [1.82, 2.24) is 4.72 Å². The van der Waals surface area contributed by atoms with Gasteiger partial charge in [-0.05, 0) is 30.7 Å². The molecule has 0 unspecified atom stereocenters. The molecule has 3 N–H and O–H groups in total. The number of rotatable bonds is 6. The van der Waals surface area contributed by atoms with Crippen LogP contribution in [0.4, 0.5) is 0 Å². The number of hydrogen-bond acceptors (Lipinski definition) is 3. The number of allylic oxidation sites excluding steroid dienone is 4. The molecule has 1 aromatic carbocycles. The zero-order chi connectivity index (χ0) is 14.3. The maximum atomic E-state index is 11.9. The average molecular weight is 278 g/mol. The van der Waals surface area contributed by atoms with Crippen molar-refractivity contribution in [1.29, 1.82) is 0 Å². The molecule has 0 spiro atoms. The Morgan fingerprint density at radius 3 is 2.53 bits per heavy atom. The molecule has 1 aromatic rings. The summed E-state index contributed by atoms with van der Waals surface area (Å²) in [6, 6.07) is 9.32.